The Bertz CT molecular complexity index is 635. The minimum atomic E-state index is -4.11. The molecule has 0 radical (unpaired) electrons. The van der Waals surface area contributed by atoms with Gasteiger partial charge in [-0.3, -0.25) is 4.79 Å². The maximum Gasteiger partial charge on any atom is 0.255 e. The zero-order valence-electron chi connectivity index (χ0n) is 10.7. The molecule has 0 saturated heterocycles. The van der Waals surface area contributed by atoms with Crippen molar-refractivity contribution in [3.63, 3.8) is 0 Å². The molecule has 0 aromatic heterocycles. The number of halogens is 3. The topological polar surface area (TPSA) is 80.5 Å². The number of hydrogen-bond acceptors (Lipinski definition) is 3. The molecule has 112 valence electrons. The molecular weight excluding hydrogens is 314 g/mol. The van der Waals surface area contributed by atoms with E-state index >= 15 is 0 Å². The van der Waals surface area contributed by atoms with Gasteiger partial charge in [0.15, 0.2) is 0 Å². The quantitative estimate of drug-likeness (QED) is 0.913. The summed E-state index contributed by atoms with van der Waals surface area (Å²) in [5.41, 5.74) is 0.242. The van der Waals surface area contributed by atoms with Crippen LogP contribution in [-0.4, -0.2) is 39.2 Å². The highest BCUT2D eigenvalue weighted by Crippen LogP contribution is 2.26. The monoisotopic (exact) mass is 326 g/mol. The third-order valence-electron chi connectivity index (χ3n) is 2.53. The number of carbonyl (C=O) groups is 1. The number of rotatable bonds is 4. The Morgan fingerprint density at radius 1 is 1.45 bits per heavy atom. The molecule has 9 heteroatoms. The molecule has 0 aliphatic carbocycles. The van der Waals surface area contributed by atoms with Gasteiger partial charge in [-0.05, 0) is 24.6 Å². The summed E-state index contributed by atoms with van der Waals surface area (Å²) in [4.78, 5) is 12.3. The van der Waals surface area contributed by atoms with E-state index in [1.54, 1.807) is 0 Å². The van der Waals surface area contributed by atoms with Gasteiger partial charge in [-0.1, -0.05) is 11.6 Å². The second kappa shape index (κ2) is 6.02. The Labute approximate surface area is 120 Å². The van der Waals surface area contributed by atoms with Crippen LogP contribution in [0.4, 0.5) is 8.78 Å². The van der Waals surface area contributed by atoms with Crippen molar-refractivity contribution in [3.8, 4) is 0 Å². The second-order valence-electron chi connectivity index (χ2n) is 4.23. The normalized spacial score (nSPS) is 11.8. The first kappa shape index (κ1) is 16.8. The summed E-state index contributed by atoms with van der Waals surface area (Å²) >= 11 is 5.81. The molecule has 1 aromatic rings. The summed E-state index contributed by atoms with van der Waals surface area (Å²) in [6.07, 6.45) is -2.69. The van der Waals surface area contributed by atoms with E-state index in [1.165, 1.54) is 20.0 Å². The van der Waals surface area contributed by atoms with Gasteiger partial charge in [0.05, 0.1) is 11.6 Å². The van der Waals surface area contributed by atoms with Crippen LogP contribution in [0.1, 0.15) is 15.9 Å². The van der Waals surface area contributed by atoms with Crippen LogP contribution in [0.25, 0.3) is 0 Å². The summed E-state index contributed by atoms with van der Waals surface area (Å²) in [6, 6.07) is 2.30. The Kier molecular flexibility index (Phi) is 5.06. The van der Waals surface area contributed by atoms with Crippen molar-refractivity contribution in [1.82, 2.24) is 4.90 Å². The zero-order chi connectivity index (χ0) is 15.7. The fraction of sp³-hybridized carbons (Fsp3) is 0.364. The fourth-order valence-electron chi connectivity index (χ4n) is 1.58. The van der Waals surface area contributed by atoms with Crippen molar-refractivity contribution in [2.75, 3.05) is 13.6 Å². The molecular formula is C11H13ClF2N2O3S. The number of amides is 1. The van der Waals surface area contributed by atoms with Crippen LogP contribution in [0.3, 0.4) is 0 Å². The second-order valence-corrected chi connectivity index (χ2v) is 6.13. The number of sulfonamides is 1. The molecule has 20 heavy (non-hydrogen) atoms. The summed E-state index contributed by atoms with van der Waals surface area (Å²) in [5, 5.41) is 4.90. The minimum Gasteiger partial charge on any atom is -0.336 e. The number of benzene rings is 1. The molecule has 0 heterocycles. The van der Waals surface area contributed by atoms with E-state index in [4.69, 9.17) is 16.7 Å². The summed E-state index contributed by atoms with van der Waals surface area (Å²) in [5.74, 6) is -0.741. The van der Waals surface area contributed by atoms with Gasteiger partial charge < -0.3 is 4.90 Å². The molecule has 0 fully saturated rings. The molecule has 0 bridgehead atoms. The van der Waals surface area contributed by atoms with Crippen molar-refractivity contribution in [2.24, 2.45) is 5.14 Å². The van der Waals surface area contributed by atoms with E-state index in [9.17, 15) is 22.0 Å². The number of hydrogen-bond donors (Lipinski definition) is 1. The van der Waals surface area contributed by atoms with Crippen molar-refractivity contribution in [3.05, 3.63) is 28.3 Å². The first-order valence-electron chi connectivity index (χ1n) is 5.40. The number of nitrogens with two attached hydrogens (primary N) is 1. The van der Waals surface area contributed by atoms with E-state index in [1.807, 2.05) is 0 Å². The van der Waals surface area contributed by atoms with Gasteiger partial charge in [0.2, 0.25) is 10.0 Å². The highest BCUT2D eigenvalue weighted by Gasteiger charge is 2.21. The Morgan fingerprint density at radius 3 is 2.45 bits per heavy atom. The van der Waals surface area contributed by atoms with Crippen LogP contribution in [0.5, 0.6) is 0 Å². The van der Waals surface area contributed by atoms with E-state index in [0.717, 1.165) is 11.0 Å². The van der Waals surface area contributed by atoms with Crippen LogP contribution in [0, 0.1) is 6.92 Å². The lowest BCUT2D eigenvalue weighted by atomic mass is 10.1. The summed E-state index contributed by atoms with van der Waals surface area (Å²) in [6.45, 7) is 0.728. The Hall–Kier alpha value is -1.25. The van der Waals surface area contributed by atoms with Gasteiger partial charge in [-0.2, -0.15) is 0 Å². The maximum absolute atomic E-state index is 12.2. The van der Waals surface area contributed by atoms with E-state index in [-0.39, 0.29) is 10.6 Å². The molecule has 5 nitrogen and oxygen atoms in total. The van der Waals surface area contributed by atoms with Crippen LogP contribution in [0.2, 0.25) is 5.02 Å². The lowest BCUT2D eigenvalue weighted by Crippen LogP contribution is -2.31. The van der Waals surface area contributed by atoms with Gasteiger partial charge in [-0.15, -0.1) is 0 Å². The standard InChI is InChI=1S/C11H13ClF2N2O3S/c1-6-3-7(11(17)16(2)5-9(13)14)4-8(10(6)12)20(15,18)19/h3-4,9H,5H2,1-2H3,(H2,15,18,19). The summed E-state index contributed by atoms with van der Waals surface area (Å²) < 4.78 is 47.2. The molecule has 1 rings (SSSR count). The molecule has 1 amide bonds. The number of primary sulfonamides is 1. The third kappa shape index (κ3) is 3.87. The van der Waals surface area contributed by atoms with Crippen molar-refractivity contribution < 1.29 is 22.0 Å². The van der Waals surface area contributed by atoms with E-state index in [2.05, 4.69) is 0 Å². The lowest BCUT2D eigenvalue weighted by molar-refractivity contribution is 0.0620. The van der Waals surface area contributed by atoms with Crippen molar-refractivity contribution >= 4 is 27.5 Å². The van der Waals surface area contributed by atoms with Crippen LogP contribution < -0.4 is 5.14 Å². The SMILES string of the molecule is Cc1cc(C(=O)N(C)CC(F)F)cc(S(N)(=O)=O)c1Cl. The van der Waals surface area contributed by atoms with Crippen LogP contribution in [0.15, 0.2) is 17.0 Å². The molecule has 2 N–H and O–H groups in total. The highest BCUT2D eigenvalue weighted by molar-refractivity contribution is 7.89. The maximum atomic E-state index is 12.2. The van der Waals surface area contributed by atoms with Gasteiger partial charge in [0, 0.05) is 12.6 Å². The first-order chi connectivity index (χ1) is 9.04. The van der Waals surface area contributed by atoms with Gasteiger partial charge in [0.1, 0.15) is 4.90 Å². The molecule has 0 spiro atoms. The molecule has 0 unspecified atom stereocenters. The Balaban J connectivity index is 3.28. The third-order valence-corrected chi connectivity index (χ3v) is 4.08. The van der Waals surface area contributed by atoms with Crippen LogP contribution >= 0.6 is 11.6 Å². The lowest BCUT2D eigenvalue weighted by Gasteiger charge is -2.17. The smallest absolute Gasteiger partial charge is 0.255 e. The van der Waals surface area contributed by atoms with Gasteiger partial charge in [-0.25, -0.2) is 22.3 Å². The highest BCUT2D eigenvalue weighted by atomic mass is 35.5. The number of carbonyl (C=O) groups excluding carboxylic acids is 1. The molecule has 1 aromatic carbocycles. The molecule has 0 saturated carbocycles. The number of alkyl halides is 2. The van der Waals surface area contributed by atoms with Crippen molar-refractivity contribution in [2.45, 2.75) is 18.2 Å². The number of nitrogens with zero attached hydrogens (tertiary/aromatic N) is 1. The average Bonchev–Trinajstić information content (AvgIpc) is 2.29. The molecule has 0 aliphatic rings. The van der Waals surface area contributed by atoms with Crippen molar-refractivity contribution in [1.29, 1.82) is 0 Å². The molecule has 0 atom stereocenters. The van der Waals surface area contributed by atoms with Crippen LogP contribution in [-0.2, 0) is 10.0 Å². The zero-order valence-corrected chi connectivity index (χ0v) is 12.3. The largest absolute Gasteiger partial charge is 0.336 e. The van der Waals surface area contributed by atoms with E-state index in [0.29, 0.717) is 5.56 Å². The summed E-state index contributed by atoms with van der Waals surface area (Å²) in [7, 11) is -2.92. The predicted molar refractivity (Wildman–Crippen MR) is 70.5 cm³/mol. The van der Waals surface area contributed by atoms with Gasteiger partial charge in [0.25, 0.3) is 12.3 Å². The fourth-order valence-corrected chi connectivity index (χ4v) is 2.71. The van der Waals surface area contributed by atoms with E-state index < -0.39 is 33.8 Å². The minimum absolute atomic E-state index is 0.0703. The van der Waals surface area contributed by atoms with Gasteiger partial charge >= 0.3 is 0 Å². The number of aryl methyl sites for hydroxylation is 1. The average molecular weight is 327 g/mol. The first-order valence-corrected chi connectivity index (χ1v) is 7.33. The molecule has 0 aliphatic heterocycles. The predicted octanol–water partition coefficient (Wildman–Crippen LogP) is 1.63. The Morgan fingerprint density at radius 2 is 2.00 bits per heavy atom.